The minimum absolute atomic E-state index is 0.0770. The standard InChI is InChI=1S/C19H26FNO5S/c1-26-19(9-6-14(13-22)7-10-19)18(23)21-11-8-17(12-21)27(24,25)16-4-2-15(20)3-5-16/h2-5,14,17,22H,6-13H2,1H3. The van der Waals surface area contributed by atoms with Crippen molar-refractivity contribution < 1.29 is 27.4 Å². The second-order valence-corrected chi connectivity index (χ2v) is 9.71. The second kappa shape index (κ2) is 7.85. The molecule has 1 saturated carbocycles. The maximum atomic E-state index is 13.1. The van der Waals surface area contributed by atoms with Gasteiger partial charge in [-0.25, -0.2) is 12.8 Å². The molecule has 2 aliphatic rings. The van der Waals surface area contributed by atoms with Gasteiger partial charge in [-0.05, 0) is 62.3 Å². The van der Waals surface area contributed by atoms with Gasteiger partial charge >= 0.3 is 0 Å². The van der Waals surface area contributed by atoms with E-state index in [1.54, 1.807) is 4.90 Å². The number of aliphatic hydroxyl groups is 1. The summed E-state index contributed by atoms with van der Waals surface area (Å²) in [6.45, 7) is 0.585. The molecule has 6 nitrogen and oxygen atoms in total. The van der Waals surface area contributed by atoms with E-state index in [-0.39, 0.29) is 29.9 Å². The number of carbonyl (C=O) groups excluding carboxylic acids is 1. The van der Waals surface area contributed by atoms with Crippen molar-refractivity contribution in [3.63, 3.8) is 0 Å². The van der Waals surface area contributed by atoms with Crippen molar-refractivity contribution in [1.29, 1.82) is 0 Å². The lowest BCUT2D eigenvalue weighted by Gasteiger charge is -2.39. The van der Waals surface area contributed by atoms with Crippen LogP contribution in [0.4, 0.5) is 4.39 Å². The molecule has 150 valence electrons. The molecular formula is C19H26FNO5S. The highest BCUT2D eigenvalue weighted by Gasteiger charge is 2.47. The fourth-order valence-electron chi connectivity index (χ4n) is 4.10. The van der Waals surface area contributed by atoms with Crippen LogP contribution in [0.1, 0.15) is 32.1 Å². The zero-order valence-corrected chi connectivity index (χ0v) is 16.3. The quantitative estimate of drug-likeness (QED) is 0.763. The molecule has 3 rings (SSSR count). The molecular weight excluding hydrogens is 373 g/mol. The molecule has 0 bridgehead atoms. The molecule has 27 heavy (non-hydrogen) atoms. The van der Waals surface area contributed by atoms with Crippen molar-refractivity contribution in [2.45, 2.75) is 47.9 Å². The van der Waals surface area contributed by atoms with Gasteiger partial charge in [0.05, 0.1) is 10.1 Å². The molecule has 1 aliphatic carbocycles. The summed E-state index contributed by atoms with van der Waals surface area (Å²) in [7, 11) is -2.11. The maximum Gasteiger partial charge on any atom is 0.254 e. The number of likely N-dealkylation sites (tertiary alicyclic amines) is 1. The Hall–Kier alpha value is -1.51. The molecule has 1 heterocycles. The zero-order chi connectivity index (χ0) is 19.7. The largest absolute Gasteiger partial charge is 0.396 e. The first-order valence-electron chi connectivity index (χ1n) is 9.27. The number of hydrogen-bond donors (Lipinski definition) is 1. The summed E-state index contributed by atoms with van der Waals surface area (Å²) >= 11 is 0. The highest BCUT2D eigenvalue weighted by atomic mass is 32.2. The molecule has 1 N–H and O–H groups in total. The number of nitrogens with zero attached hydrogens (tertiary/aromatic N) is 1. The first kappa shape index (κ1) is 20.2. The number of sulfone groups is 1. The fraction of sp³-hybridized carbons (Fsp3) is 0.632. The molecule has 1 aliphatic heterocycles. The molecule has 0 spiro atoms. The molecule has 8 heteroatoms. The first-order valence-corrected chi connectivity index (χ1v) is 10.8. The van der Waals surface area contributed by atoms with E-state index in [4.69, 9.17) is 4.74 Å². The number of ether oxygens (including phenoxy) is 1. The minimum Gasteiger partial charge on any atom is -0.396 e. The van der Waals surface area contributed by atoms with Crippen LogP contribution in [0.15, 0.2) is 29.2 Å². The highest BCUT2D eigenvalue weighted by molar-refractivity contribution is 7.92. The Morgan fingerprint density at radius 2 is 1.89 bits per heavy atom. The molecule has 1 unspecified atom stereocenters. The van der Waals surface area contributed by atoms with Gasteiger partial charge in [-0.15, -0.1) is 0 Å². The Morgan fingerprint density at radius 3 is 2.44 bits per heavy atom. The summed E-state index contributed by atoms with van der Waals surface area (Å²) in [6, 6.07) is 4.79. The number of amides is 1. The average Bonchev–Trinajstić information content (AvgIpc) is 3.19. The van der Waals surface area contributed by atoms with E-state index in [1.165, 1.54) is 19.2 Å². The van der Waals surface area contributed by atoms with Crippen LogP contribution >= 0.6 is 0 Å². The second-order valence-electron chi connectivity index (χ2n) is 7.49. The van der Waals surface area contributed by atoms with Crippen LogP contribution in [0.5, 0.6) is 0 Å². The van der Waals surface area contributed by atoms with E-state index in [0.717, 1.165) is 12.1 Å². The van der Waals surface area contributed by atoms with Gasteiger partial charge in [-0.3, -0.25) is 4.79 Å². The number of hydrogen-bond acceptors (Lipinski definition) is 5. The molecule has 1 aromatic carbocycles. The molecule has 1 aromatic rings. The van der Waals surface area contributed by atoms with Crippen LogP contribution in [0.3, 0.4) is 0 Å². The van der Waals surface area contributed by atoms with Crippen LogP contribution < -0.4 is 0 Å². The lowest BCUT2D eigenvalue weighted by Crippen LogP contribution is -2.52. The van der Waals surface area contributed by atoms with Gasteiger partial charge in [0.15, 0.2) is 9.84 Å². The Labute approximate surface area is 159 Å². The van der Waals surface area contributed by atoms with E-state index >= 15 is 0 Å². The monoisotopic (exact) mass is 399 g/mol. The number of methoxy groups -OCH3 is 1. The van der Waals surface area contributed by atoms with Gasteiger partial charge in [0.1, 0.15) is 11.4 Å². The van der Waals surface area contributed by atoms with Gasteiger partial charge in [0.25, 0.3) is 5.91 Å². The summed E-state index contributed by atoms with van der Waals surface area (Å²) < 4.78 is 44.3. The lowest BCUT2D eigenvalue weighted by atomic mass is 9.78. The fourth-order valence-corrected chi connectivity index (χ4v) is 5.79. The van der Waals surface area contributed by atoms with Crippen LogP contribution in [0.2, 0.25) is 0 Å². The van der Waals surface area contributed by atoms with Crippen molar-refractivity contribution in [1.82, 2.24) is 4.90 Å². The summed E-state index contributed by atoms with van der Waals surface area (Å²) in [5, 5.41) is 8.61. The van der Waals surface area contributed by atoms with Gasteiger partial charge in [0.2, 0.25) is 0 Å². The maximum absolute atomic E-state index is 13.1. The predicted molar refractivity (Wildman–Crippen MR) is 97.4 cm³/mol. The highest BCUT2D eigenvalue weighted by Crippen LogP contribution is 2.37. The Bertz CT molecular complexity index is 772. The molecule has 1 atom stereocenters. The normalized spacial score (nSPS) is 29.1. The van der Waals surface area contributed by atoms with Gasteiger partial charge in [-0.2, -0.15) is 0 Å². The number of benzene rings is 1. The van der Waals surface area contributed by atoms with E-state index in [1.807, 2.05) is 0 Å². The average molecular weight is 399 g/mol. The Morgan fingerprint density at radius 1 is 1.26 bits per heavy atom. The third kappa shape index (κ3) is 3.88. The Kier molecular flexibility index (Phi) is 5.88. The summed E-state index contributed by atoms with van der Waals surface area (Å²) in [4.78, 5) is 14.8. The molecule has 2 fully saturated rings. The zero-order valence-electron chi connectivity index (χ0n) is 15.4. The van der Waals surface area contributed by atoms with Crippen molar-refractivity contribution in [2.75, 3.05) is 26.8 Å². The molecule has 1 saturated heterocycles. The van der Waals surface area contributed by atoms with E-state index in [0.29, 0.717) is 38.6 Å². The van der Waals surface area contributed by atoms with Gasteiger partial charge in [-0.1, -0.05) is 0 Å². The van der Waals surface area contributed by atoms with E-state index in [2.05, 4.69) is 0 Å². The van der Waals surface area contributed by atoms with Crippen molar-refractivity contribution in [3.05, 3.63) is 30.1 Å². The lowest BCUT2D eigenvalue weighted by molar-refractivity contribution is -0.159. The summed E-state index contributed by atoms with van der Waals surface area (Å²) in [5.41, 5.74) is -0.930. The van der Waals surface area contributed by atoms with Crippen LogP contribution in [0, 0.1) is 11.7 Å². The number of aliphatic hydroxyl groups excluding tert-OH is 1. The number of halogens is 1. The third-order valence-corrected chi connectivity index (χ3v) is 8.16. The van der Waals surface area contributed by atoms with Crippen molar-refractivity contribution in [2.24, 2.45) is 5.92 Å². The molecule has 1 amide bonds. The number of carbonyl (C=O) groups is 1. The van der Waals surface area contributed by atoms with Crippen LogP contribution in [-0.4, -0.2) is 62.0 Å². The van der Waals surface area contributed by atoms with Crippen molar-refractivity contribution >= 4 is 15.7 Å². The van der Waals surface area contributed by atoms with Crippen molar-refractivity contribution in [3.8, 4) is 0 Å². The van der Waals surface area contributed by atoms with Gasteiger partial charge in [0, 0.05) is 26.8 Å². The molecule has 0 aromatic heterocycles. The predicted octanol–water partition coefficient (Wildman–Crippen LogP) is 1.77. The SMILES string of the molecule is COC1(C(=O)N2CCC(S(=O)(=O)c3ccc(F)cc3)C2)CCC(CO)CC1. The first-order chi connectivity index (χ1) is 12.8. The summed E-state index contributed by atoms with van der Waals surface area (Å²) in [6.07, 6.45) is 2.83. The van der Waals surface area contributed by atoms with Crippen LogP contribution in [-0.2, 0) is 19.4 Å². The van der Waals surface area contributed by atoms with E-state index in [9.17, 15) is 22.7 Å². The topological polar surface area (TPSA) is 83.9 Å². The smallest absolute Gasteiger partial charge is 0.254 e. The van der Waals surface area contributed by atoms with E-state index < -0.39 is 26.5 Å². The van der Waals surface area contributed by atoms with Crippen LogP contribution in [0.25, 0.3) is 0 Å². The Balaban J connectivity index is 1.71. The third-order valence-electron chi connectivity index (χ3n) is 5.96. The molecule has 0 radical (unpaired) electrons. The van der Waals surface area contributed by atoms with Gasteiger partial charge < -0.3 is 14.7 Å². The minimum atomic E-state index is -3.63. The summed E-state index contributed by atoms with van der Waals surface area (Å²) in [5.74, 6) is -0.470. The number of rotatable bonds is 5.